The van der Waals surface area contributed by atoms with Crippen molar-refractivity contribution in [1.82, 2.24) is 9.97 Å². The Morgan fingerprint density at radius 2 is 1.80 bits per heavy atom. The van der Waals surface area contributed by atoms with Gasteiger partial charge in [-0.05, 0) is 35.0 Å². The lowest BCUT2D eigenvalue weighted by atomic mass is 10.3. The van der Waals surface area contributed by atoms with Crippen LogP contribution in [0.15, 0.2) is 41.1 Å². The van der Waals surface area contributed by atoms with Gasteiger partial charge in [-0.2, -0.15) is 0 Å². The lowest BCUT2D eigenvalue weighted by Gasteiger charge is -2.11. The third kappa shape index (κ3) is 4.09. The Morgan fingerprint density at radius 1 is 1.10 bits per heavy atom. The maximum atomic E-state index is 5.61. The molecule has 20 heavy (non-hydrogen) atoms. The zero-order valence-corrected chi connectivity index (χ0v) is 12.9. The number of hydrogen-bond donors (Lipinski definition) is 2. The molecule has 5 nitrogen and oxygen atoms in total. The van der Waals surface area contributed by atoms with Gasteiger partial charge in [0.1, 0.15) is 34.8 Å². The number of para-hydroxylation sites is 1. The van der Waals surface area contributed by atoms with Crippen molar-refractivity contribution in [3.05, 3.63) is 41.1 Å². The number of nitrogens with one attached hydrogen (secondary N) is 2. The average molecular weight is 337 g/mol. The van der Waals surface area contributed by atoms with Crippen LogP contribution in [0.2, 0.25) is 0 Å². The van der Waals surface area contributed by atoms with Crippen molar-refractivity contribution in [2.45, 2.75) is 6.92 Å². The van der Waals surface area contributed by atoms with Crippen LogP contribution in [0.4, 0.5) is 11.6 Å². The van der Waals surface area contributed by atoms with E-state index < -0.39 is 0 Å². The molecule has 2 N–H and O–H groups in total. The van der Waals surface area contributed by atoms with Gasteiger partial charge in [0, 0.05) is 6.54 Å². The second-order valence-corrected chi connectivity index (χ2v) is 4.80. The summed E-state index contributed by atoms with van der Waals surface area (Å²) in [5, 5.41) is 6.38. The molecule has 0 aliphatic rings. The van der Waals surface area contributed by atoms with Gasteiger partial charge < -0.3 is 15.4 Å². The molecule has 6 heteroatoms. The SMILES string of the molecule is CCNc1ncnc(NCCOc2ccccc2)c1Br. The summed E-state index contributed by atoms with van der Waals surface area (Å²) in [6.07, 6.45) is 1.53. The summed E-state index contributed by atoms with van der Waals surface area (Å²) in [6.45, 7) is 4.06. The number of benzene rings is 1. The first kappa shape index (κ1) is 14.6. The van der Waals surface area contributed by atoms with Crippen LogP contribution in [0, 0.1) is 0 Å². The number of anilines is 2. The molecule has 0 saturated heterocycles. The first-order valence-corrected chi connectivity index (χ1v) is 7.26. The van der Waals surface area contributed by atoms with Gasteiger partial charge in [0.2, 0.25) is 0 Å². The van der Waals surface area contributed by atoms with Crippen LogP contribution in [0.1, 0.15) is 6.92 Å². The molecule has 0 amide bonds. The number of hydrogen-bond acceptors (Lipinski definition) is 5. The molecule has 0 bridgehead atoms. The Bertz CT molecular complexity index is 536. The van der Waals surface area contributed by atoms with E-state index in [2.05, 4.69) is 36.5 Å². The Kier molecular flexibility index (Phi) is 5.61. The summed E-state index contributed by atoms with van der Waals surface area (Å²) < 4.78 is 6.44. The predicted molar refractivity (Wildman–Crippen MR) is 84.3 cm³/mol. The van der Waals surface area contributed by atoms with E-state index in [9.17, 15) is 0 Å². The average Bonchev–Trinajstić information content (AvgIpc) is 2.48. The quantitative estimate of drug-likeness (QED) is 0.760. The summed E-state index contributed by atoms with van der Waals surface area (Å²) in [5.74, 6) is 2.41. The minimum Gasteiger partial charge on any atom is -0.492 e. The zero-order chi connectivity index (χ0) is 14.2. The highest BCUT2D eigenvalue weighted by molar-refractivity contribution is 9.10. The highest BCUT2D eigenvalue weighted by Gasteiger charge is 2.07. The minimum atomic E-state index is 0.566. The molecule has 0 radical (unpaired) electrons. The number of aromatic nitrogens is 2. The number of halogens is 1. The molecule has 2 rings (SSSR count). The van der Waals surface area contributed by atoms with Crippen molar-refractivity contribution >= 4 is 27.6 Å². The fourth-order valence-corrected chi connectivity index (χ4v) is 2.12. The molecule has 0 atom stereocenters. The van der Waals surface area contributed by atoms with Gasteiger partial charge in [-0.15, -0.1) is 0 Å². The molecule has 0 aliphatic heterocycles. The Balaban J connectivity index is 1.83. The zero-order valence-electron chi connectivity index (χ0n) is 11.3. The van der Waals surface area contributed by atoms with Gasteiger partial charge >= 0.3 is 0 Å². The summed E-state index contributed by atoms with van der Waals surface area (Å²) in [6, 6.07) is 9.73. The van der Waals surface area contributed by atoms with E-state index in [0.717, 1.165) is 28.4 Å². The van der Waals surface area contributed by atoms with Crippen LogP contribution in [0.25, 0.3) is 0 Å². The normalized spacial score (nSPS) is 10.1. The van der Waals surface area contributed by atoms with Crippen LogP contribution in [0.3, 0.4) is 0 Å². The Hall–Kier alpha value is -1.82. The molecule has 2 aromatic rings. The van der Waals surface area contributed by atoms with Crippen molar-refractivity contribution in [2.24, 2.45) is 0 Å². The van der Waals surface area contributed by atoms with E-state index in [1.165, 1.54) is 6.33 Å². The molecule has 0 fully saturated rings. The topological polar surface area (TPSA) is 59.1 Å². The lowest BCUT2D eigenvalue weighted by Crippen LogP contribution is -2.13. The molecule has 1 aromatic carbocycles. The van der Waals surface area contributed by atoms with Crippen molar-refractivity contribution in [1.29, 1.82) is 0 Å². The van der Waals surface area contributed by atoms with Crippen LogP contribution in [-0.4, -0.2) is 29.7 Å². The Labute approximate surface area is 126 Å². The van der Waals surface area contributed by atoms with E-state index in [1.807, 2.05) is 37.3 Å². The maximum Gasteiger partial charge on any atom is 0.146 e. The van der Waals surface area contributed by atoms with Crippen LogP contribution in [-0.2, 0) is 0 Å². The third-order valence-electron chi connectivity index (χ3n) is 2.54. The van der Waals surface area contributed by atoms with Gasteiger partial charge in [0.15, 0.2) is 0 Å². The smallest absolute Gasteiger partial charge is 0.146 e. The highest BCUT2D eigenvalue weighted by Crippen LogP contribution is 2.26. The van der Waals surface area contributed by atoms with E-state index in [1.54, 1.807) is 0 Å². The van der Waals surface area contributed by atoms with Crippen LogP contribution in [0.5, 0.6) is 5.75 Å². The van der Waals surface area contributed by atoms with Gasteiger partial charge in [-0.1, -0.05) is 18.2 Å². The number of rotatable bonds is 7. The van der Waals surface area contributed by atoms with Crippen LogP contribution < -0.4 is 15.4 Å². The molecule has 0 unspecified atom stereocenters. The predicted octanol–water partition coefficient (Wildman–Crippen LogP) is 3.16. The van der Waals surface area contributed by atoms with Crippen molar-refractivity contribution in [3.63, 3.8) is 0 Å². The molecule has 0 saturated carbocycles. The highest BCUT2D eigenvalue weighted by atomic mass is 79.9. The van der Waals surface area contributed by atoms with Crippen molar-refractivity contribution < 1.29 is 4.74 Å². The fourth-order valence-electron chi connectivity index (χ4n) is 1.64. The van der Waals surface area contributed by atoms with Crippen molar-refractivity contribution in [3.8, 4) is 5.75 Å². The summed E-state index contributed by atoms with van der Waals surface area (Å²) in [7, 11) is 0. The van der Waals surface area contributed by atoms with E-state index in [4.69, 9.17) is 4.74 Å². The van der Waals surface area contributed by atoms with Crippen molar-refractivity contribution in [2.75, 3.05) is 30.3 Å². The van der Waals surface area contributed by atoms with Crippen LogP contribution >= 0.6 is 15.9 Å². The fraction of sp³-hybridized carbons (Fsp3) is 0.286. The number of nitrogens with zero attached hydrogens (tertiary/aromatic N) is 2. The second kappa shape index (κ2) is 7.69. The molecular weight excluding hydrogens is 320 g/mol. The van der Waals surface area contributed by atoms with Gasteiger partial charge in [-0.3, -0.25) is 0 Å². The van der Waals surface area contributed by atoms with E-state index >= 15 is 0 Å². The summed E-state index contributed by atoms with van der Waals surface area (Å²) in [4.78, 5) is 8.37. The molecule has 0 spiro atoms. The minimum absolute atomic E-state index is 0.566. The molecule has 106 valence electrons. The molecule has 1 heterocycles. The molecular formula is C14H17BrN4O. The second-order valence-electron chi connectivity index (χ2n) is 4.00. The van der Waals surface area contributed by atoms with Gasteiger partial charge in [0.25, 0.3) is 0 Å². The summed E-state index contributed by atoms with van der Waals surface area (Å²) >= 11 is 3.49. The first-order valence-electron chi connectivity index (χ1n) is 6.47. The largest absolute Gasteiger partial charge is 0.492 e. The number of ether oxygens (including phenoxy) is 1. The standard InChI is InChI=1S/C14H17BrN4O/c1-2-16-13-12(15)14(19-10-18-13)17-8-9-20-11-6-4-3-5-7-11/h3-7,10H,2,8-9H2,1H3,(H2,16,17,18,19). The molecule has 0 aliphatic carbocycles. The lowest BCUT2D eigenvalue weighted by molar-refractivity contribution is 0.332. The van der Waals surface area contributed by atoms with Gasteiger partial charge in [0.05, 0.1) is 6.54 Å². The third-order valence-corrected chi connectivity index (χ3v) is 3.29. The monoisotopic (exact) mass is 336 g/mol. The van der Waals surface area contributed by atoms with Gasteiger partial charge in [-0.25, -0.2) is 9.97 Å². The van der Waals surface area contributed by atoms with E-state index in [-0.39, 0.29) is 0 Å². The maximum absolute atomic E-state index is 5.61. The van der Waals surface area contributed by atoms with E-state index in [0.29, 0.717) is 13.2 Å². The molecule has 1 aromatic heterocycles. The first-order chi connectivity index (χ1) is 9.81. The Morgan fingerprint density at radius 3 is 2.50 bits per heavy atom. The summed E-state index contributed by atoms with van der Waals surface area (Å²) in [5.41, 5.74) is 0.